The zero-order chi connectivity index (χ0) is 12.1. The normalized spacial score (nSPS) is 13.1. The molecule has 0 amide bonds. The van der Waals surface area contributed by atoms with Crippen LogP contribution in [-0.2, 0) is 6.42 Å². The fourth-order valence-electron chi connectivity index (χ4n) is 2.12. The number of rotatable bonds is 6. The van der Waals surface area contributed by atoms with Crippen LogP contribution in [0.1, 0.15) is 25.8 Å². The predicted octanol–water partition coefficient (Wildman–Crippen LogP) is 4.08. The number of aryl methyl sites for hydroxylation is 1. The van der Waals surface area contributed by atoms with Gasteiger partial charge in [0.05, 0.1) is 0 Å². The van der Waals surface area contributed by atoms with Gasteiger partial charge in [-0.15, -0.1) is 11.3 Å². The van der Waals surface area contributed by atoms with Crippen molar-refractivity contribution in [2.45, 2.75) is 26.7 Å². The van der Waals surface area contributed by atoms with Gasteiger partial charge in [-0.1, -0.05) is 32.0 Å². The van der Waals surface area contributed by atoms with Crippen molar-refractivity contribution in [2.24, 2.45) is 5.92 Å². The van der Waals surface area contributed by atoms with E-state index < -0.39 is 0 Å². The zero-order valence-electron chi connectivity index (χ0n) is 10.7. The highest BCUT2D eigenvalue weighted by Gasteiger charge is 2.06. The van der Waals surface area contributed by atoms with Gasteiger partial charge in [0, 0.05) is 4.70 Å². The van der Waals surface area contributed by atoms with Crippen LogP contribution in [0.15, 0.2) is 29.6 Å². The molecular formula is C15H21NS. The summed E-state index contributed by atoms with van der Waals surface area (Å²) in [6.07, 6.45) is 2.48. The molecule has 2 rings (SSSR count). The van der Waals surface area contributed by atoms with Crippen LogP contribution in [0.4, 0.5) is 0 Å². The molecule has 1 unspecified atom stereocenters. The number of benzene rings is 1. The number of nitrogens with one attached hydrogen (secondary N) is 1. The minimum absolute atomic E-state index is 0.758. The molecule has 0 aliphatic heterocycles. The van der Waals surface area contributed by atoms with Gasteiger partial charge in [0.15, 0.2) is 0 Å². The maximum atomic E-state index is 3.42. The maximum absolute atomic E-state index is 3.42. The second kappa shape index (κ2) is 6.18. The van der Waals surface area contributed by atoms with E-state index in [9.17, 15) is 0 Å². The Morgan fingerprint density at radius 2 is 2.12 bits per heavy atom. The van der Waals surface area contributed by atoms with Gasteiger partial charge >= 0.3 is 0 Å². The van der Waals surface area contributed by atoms with Crippen LogP contribution in [-0.4, -0.2) is 13.1 Å². The van der Waals surface area contributed by atoms with Gasteiger partial charge < -0.3 is 5.32 Å². The first kappa shape index (κ1) is 12.6. The molecule has 0 bridgehead atoms. The fraction of sp³-hybridized carbons (Fsp3) is 0.467. The van der Waals surface area contributed by atoms with Crippen molar-refractivity contribution in [2.75, 3.05) is 13.1 Å². The molecule has 1 aromatic carbocycles. The molecule has 1 N–H and O–H groups in total. The Morgan fingerprint density at radius 1 is 1.29 bits per heavy atom. The maximum Gasteiger partial charge on any atom is 0.0345 e. The summed E-state index contributed by atoms with van der Waals surface area (Å²) in [7, 11) is 0. The largest absolute Gasteiger partial charge is 0.317 e. The van der Waals surface area contributed by atoms with Crippen LogP contribution >= 0.6 is 11.3 Å². The third-order valence-electron chi connectivity index (χ3n) is 3.21. The van der Waals surface area contributed by atoms with Crippen LogP contribution < -0.4 is 5.32 Å². The number of thiophene rings is 1. The lowest BCUT2D eigenvalue weighted by molar-refractivity contribution is 0.490. The SMILES string of the molecule is CCNCC(C)CCc1csc2ccccc12. The minimum Gasteiger partial charge on any atom is -0.317 e. The smallest absolute Gasteiger partial charge is 0.0345 e. The fourth-order valence-corrected chi connectivity index (χ4v) is 3.12. The average molecular weight is 247 g/mol. The van der Waals surface area contributed by atoms with E-state index in [0.717, 1.165) is 19.0 Å². The van der Waals surface area contributed by atoms with E-state index in [0.29, 0.717) is 0 Å². The van der Waals surface area contributed by atoms with Gasteiger partial charge in [0.25, 0.3) is 0 Å². The third kappa shape index (κ3) is 3.30. The summed E-state index contributed by atoms with van der Waals surface area (Å²) in [4.78, 5) is 0. The molecule has 0 radical (unpaired) electrons. The van der Waals surface area contributed by atoms with E-state index in [-0.39, 0.29) is 0 Å². The van der Waals surface area contributed by atoms with E-state index in [4.69, 9.17) is 0 Å². The van der Waals surface area contributed by atoms with E-state index in [2.05, 4.69) is 48.8 Å². The van der Waals surface area contributed by atoms with Gasteiger partial charge in [0.2, 0.25) is 0 Å². The topological polar surface area (TPSA) is 12.0 Å². The van der Waals surface area contributed by atoms with Crippen molar-refractivity contribution >= 4 is 21.4 Å². The van der Waals surface area contributed by atoms with Gasteiger partial charge in [-0.25, -0.2) is 0 Å². The van der Waals surface area contributed by atoms with Gasteiger partial charge in [0.1, 0.15) is 0 Å². The molecule has 1 heterocycles. The van der Waals surface area contributed by atoms with Crippen LogP contribution in [0.3, 0.4) is 0 Å². The Bertz CT molecular complexity index is 461. The zero-order valence-corrected chi connectivity index (χ0v) is 11.5. The first-order valence-electron chi connectivity index (χ1n) is 6.47. The van der Waals surface area contributed by atoms with Crippen LogP contribution in [0.25, 0.3) is 10.1 Å². The molecule has 0 aliphatic rings. The summed E-state index contributed by atoms with van der Waals surface area (Å²) in [5.41, 5.74) is 1.52. The Balaban J connectivity index is 1.95. The summed E-state index contributed by atoms with van der Waals surface area (Å²) in [5.74, 6) is 0.758. The molecular weight excluding hydrogens is 226 g/mol. The summed E-state index contributed by atoms with van der Waals surface area (Å²) >= 11 is 1.87. The molecule has 17 heavy (non-hydrogen) atoms. The first-order chi connectivity index (χ1) is 8.31. The summed E-state index contributed by atoms with van der Waals surface area (Å²) < 4.78 is 1.42. The lowest BCUT2D eigenvalue weighted by atomic mass is 10.0. The molecule has 92 valence electrons. The van der Waals surface area contributed by atoms with E-state index in [1.807, 2.05) is 11.3 Å². The highest BCUT2D eigenvalue weighted by Crippen LogP contribution is 2.27. The molecule has 2 heteroatoms. The second-order valence-electron chi connectivity index (χ2n) is 4.71. The van der Waals surface area contributed by atoms with Gasteiger partial charge in [-0.3, -0.25) is 0 Å². The van der Waals surface area contributed by atoms with Crippen LogP contribution in [0.5, 0.6) is 0 Å². The number of hydrogen-bond donors (Lipinski definition) is 1. The molecule has 1 aromatic heterocycles. The van der Waals surface area contributed by atoms with Crippen molar-refractivity contribution < 1.29 is 0 Å². The molecule has 0 fully saturated rings. The summed E-state index contributed by atoms with van der Waals surface area (Å²) in [5, 5.41) is 7.19. The quantitative estimate of drug-likeness (QED) is 0.811. The van der Waals surface area contributed by atoms with E-state index >= 15 is 0 Å². The molecule has 0 saturated carbocycles. The first-order valence-corrected chi connectivity index (χ1v) is 7.35. The highest BCUT2D eigenvalue weighted by atomic mass is 32.1. The van der Waals surface area contributed by atoms with E-state index in [1.165, 1.54) is 28.5 Å². The van der Waals surface area contributed by atoms with Gasteiger partial charge in [-0.2, -0.15) is 0 Å². The average Bonchev–Trinajstić information content (AvgIpc) is 2.77. The third-order valence-corrected chi connectivity index (χ3v) is 4.22. The number of fused-ring (bicyclic) bond motifs is 1. The van der Waals surface area contributed by atoms with E-state index in [1.54, 1.807) is 0 Å². The van der Waals surface area contributed by atoms with Crippen molar-refractivity contribution in [3.8, 4) is 0 Å². The predicted molar refractivity (Wildman–Crippen MR) is 77.9 cm³/mol. The summed E-state index contributed by atoms with van der Waals surface area (Å²) in [6.45, 7) is 6.71. The lowest BCUT2D eigenvalue weighted by Crippen LogP contribution is -2.20. The Labute approximate surface area is 108 Å². The van der Waals surface area contributed by atoms with Crippen molar-refractivity contribution in [3.63, 3.8) is 0 Å². The molecule has 2 aromatic rings. The molecule has 0 spiro atoms. The Hall–Kier alpha value is -0.860. The monoisotopic (exact) mass is 247 g/mol. The van der Waals surface area contributed by atoms with Crippen molar-refractivity contribution in [1.29, 1.82) is 0 Å². The van der Waals surface area contributed by atoms with Crippen molar-refractivity contribution in [3.05, 3.63) is 35.2 Å². The summed E-state index contributed by atoms with van der Waals surface area (Å²) in [6, 6.07) is 8.72. The van der Waals surface area contributed by atoms with Gasteiger partial charge in [-0.05, 0) is 54.2 Å². The molecule has 1 nitrogen and oxygen atoms in total. The van der Waals surface area contributed by atoms with Crippen LogP contribution in [0, 0.1) is 5.92 Å². The molecule has 1 atom stereocenters. The molecule has 0 saturated heterocycles. The van der Waals surface area contributed by atoms with Crippen LogP contribution in [0.2, 0.25) is 0 Å². The standard InChI is InChI=1S/C15H21NS/c1-3-16-10-12(2)8-9-13-11-17-15-7-5-4-6-14(13)15/h4-7,11-12,16H,3,8-10H2,1-2H3. The molecule has 0 aliphatic carbocycles. The minimum atomic E-state index is 0.758. The number of hydrogen-bond acceptors (Lipinski definition) is 2. The highest BCUT2D eigenvalue weighted by molar-refractivity contribution is 7.17. The Kier molecular flexibility index (Phi) is 4.57. The van der Waals surface area contributed by atoms with Crippen molar-refractivity contribution in [1.82, 2.24) is 5.32 Å². The lowest BCUT2D eigenvalue weighted by Gasteiger charge is -2.11. The Morgan fingerprint density at radius 3 is 2.94 bits per heavy atom. The second-order valence-corrected chi connectivity index (χ2v) is 5.62.